The average Bonchev–Trinajstić information content (AvgIpc) is 2.42. The number of nitrogens with zero attached hydrogens (tertiary/aromatic N) is 1. The minimum atomic E-state index is -0.173. The number of alkyl halides is 1. The first-order valence-corrected chi connectivity index (χ1v) is 6.92. The number of benzene rings is 1. The molecule has 0 saturated carbocycles. The second-order valence-corrected chi connectivity index (χ2v) is 5.32. The highest BCUT2D eigenvalue weighted by molar-refractivity contribution is 6.20. The Labute approximate surface area is 120 Å². The third kappa shape index (κ3) is 6.08. The lowest BCUT2D eigenvalue weighted by Gasteiger charge is -2.18. The second kappa shape index (κ2) is 8.18. The quantitative estimate of drug-likeness (QED) is 0.569. The molecule has 0 aliphatic heterocycles. The molecule has 0 saturated heterocycles. The van der Waals surface area contributed by atoms with Crippen molar-refractivity contribution in [3.63, 3.8) is 0 Å². The summed E-state index contributed by atoms with van der Waals surface area (Å²) in [6.07, 6.45) is 1.28. The lowest BCUT2D eigenvalue weighted by atomic mass is 10.1. The second-order valence-electron chi connectivity index (χ2n) is 4.80. The van der Waals surface area contributed by atoms with Gasteiger partial charge < -0.3 is 9.64 Å². The smallest absolute Gasteiger partial charge is 0.306 e. The van der Waals surface area contributed by atoms with Gasteiger partial charge in [0, 0.05) is 6.54 Å². The van der Waals surface area contributed by atoms with Crippen molar-refractivity contribution in [2.45, 2.75) is 25.1 Å². The van der Waals surface area contributed by atoms with Crippen LogP contribution in [0.3, 0.4) is 0 Å². The third-order valence-electron chi connectivity index (χ3n) is 3.13. The number of rotatable bonds is 7. The maximum Gasteiger partial charge on any atom is 0.306 e. The fourth-order valence-electron chi connectivity index (χ4n) is 1.77. The zero-order valence-electron chi connectivity index (χ0n) is 11.9. The fourth-order valence-corrected chi connectivity index (χ4v) is 2.01. The minimum absolute atomic E-state index is 0.0150. The first-order chi connectivity index (χ1) is 9.02. The molecule has 0 aliphatic carbocycles. The summed E-state index contributed by atoms with van der Waals surface area (Å²) in [5.41, 5.74) is 2.39. The Bertz CT molecular complexity index is 392. The van der Waals surface area contributed by atoms with Crippen molar-refractivity contribution in [2.24, 2.45) is 0 Å². The summed E-state index contributed by atoms with van der Waals surface area (Å²) in [5.74, 6) is -0.173. The first-order valence-electron chi connectivity index (χ1n) is 6.49. The molecule has 1 unspecified atom stereocenters. The van der Waals surface area contributed by atoms with E-state index in [0.29, 0.717) is 13.0 Å². The Morgan fingerprint density at radius 2 is 1.95 bits per heavy atom. The molecule has 1 aromatic carbocycles. The van der Waals surface area contributed by atoms with Crippen LogP contribution < -0.4 is 0 Å². The number of carbonyl (C=O) groups is 1. The lowest BCUT2D eigenvalue weighted by Crippen LogP contribution is -2.24. The minimum Gasteiger partial charge on any atom is -0.469 e. The van der Waals surface area contributed by atoms with Gasteiger partial charge in [0.25, 0.3) is 0 Å². The van der Waals surface area contributed by atoms with Crippen LogP contribution in [0.2, 0.25) is 0 Å². The highest BCUT2D eigenvalue weighted by Crippen LogP contribution is 2.24. The van der Waals surface area contributed by atoms with Gasteiger partial charge in [0.1, 0.15) is 0 Å². The van der Waals surface area contributed by atoms with Crippen LogP contribution in [0.25, 0.3) is 0 Å². The summed E-state index contributed by atoms with van der Waals surface area (Å²) in [6, 6.07) is 8.29. The highest BCUT2D eigenvalue weighted by Gasteiger charge is 2.10. The lowest BCUT2D eigenvalue weighted by molar-refractivity contribution is -0.140. The topological polar surface area (TPSA) is 29.5 Å². The Balaban J connectivity index is 2.31. The molecule has 4 heteroatoms. The molecule has 1 atom stereocenters. The molecule has 0 aromatic heterocycles. The van der Waals surface area contributed by atoms with Crippen molar-refractivity contribution in [2.75, 3.05) is 27.2 Å². The Hall–Kier alpha value is -1.06. The van der Waals surface area contributed by atoms with E-state index in [1.165, 1.54) is 12.7 Å². The maximum absolute atomic E-state index is 11.0. The van der Waals surface area contributed by atoms with Crippen molar-refractivity contribution in [1.29, 1.82) is 0 Å². The SMILES string of the molecule is COC(=O)CCN(C)CCC(Cl)c1ccc(C)cc1. The van der Waals surface area contributed by atoms with Gasteiger partial charge in [-0.25, -0.2) is 0 Å². The van der Waals surface area contributed by atoms with Crippen molar-refractivity contribution < 1.29 is 9.53 Å². The van der Waals surface area contributed by atoms with Crippen molar-refractivity contribution in [3.8, 4) is 0 Å². The van der Waals surface area contributed by atoms with Crippen molar-refractivity contribution >= 4 is 17.6 Å². The standard InChI is InChI=1S/C15H22ClNO2/c1-12-4-6-13(7-5-12)14(16)8-10-17(2)11-9-15(18)19-3/h4-7,14H,8-11H2,1-3H3. The average molecular weight is 284 g/mol. The molecule has 1 rings (SSSR count). The molecule has 106 valence electrons. The van der Waals surface area contributed by atoms with Gasteiger partial charge in [0.05, 0.1) is 18.9 Å². The van der Waals surface area contributed by atoms with Crippen LogP contribution in [0.15, 0.2) is 24.3 Å². The summed E-state index contributed by atoms with van der Waals surface area (Å²) >= 11 is 6.37. The third-order valence-corrected chi connectivity index (χ3v) is 3.60. The van der Waals surface area contributed by atoms with E-state index in [0.717, 1.165) is 18.5 Å². The molecule has 0 fully saturated rings. The Morgan fingerprint density at radius 1 is 1.32 bits per heavy atom. The highest BCUT2D eigenvalue weighted by atomic mass is 35.5. The normalized spacial score (nSPS) is 12.5. The molecule has 0 spiro atoms. The van der Waals surface area contributed by atoms with Gasteiger partial charge in [0.2, 0.25) is 0 Å². The van der Waals surface area contributed by atoms with E-state index in [4.69, 9.17) is 11.6 Å². The summed E-state index contributed by atoms with van der Waals surface area (Å²) in [4.78, 5) is 13.1. The van der Waals surface area contributed by atoms with E-state index in [9.17, 15) is 4.79 Å². The fraction of sp³-hybridized carbons (Fsp3) is 0.533. The number of halogens is 1. The predicted molar refractivity (Wildman–Crippen MR) is 78.5 cm³/mol. The molecular weight excluding hydrogens is 262 g/mol. The number of esters is 1. The molecule has 19 heavy (non-hydrogen) atoms. The van der Waals surface area contributed by atoms with E-state index in [1.54, 1.807) is 0 Å². The van der Waals surface area contributed by atoms with Gasteiger partial charge in [-0.1, -0.05) is 29.8 Å². The molecule has 0 aliphatic rings. The molecular formula is C15H22ClNO2. The largest absolute Gasteiger partial charge is 0.469 e. The molecule has 0 N–H and O–H groups in total. The van der Waals surface area contributed by atoms with Crippen LogP contribution in [-0.2, 0) is 9.53 Å². The van der Waals surface area contributed by atoms with E-state index < -0.39 is 0 Å². The number of aryl methyl sites for hydroxylation is 1. The van der Waals surface area contributed by atoms with Crippen LogP contribution >= 0.6 is 11.6 Å². The maximum atomic E-state index is 11.0. The van der Waals surface area contributed by atoms with Crippen LogP contribution in [0, 0.1) is 6.92 Å². The summed E-state index contributed by atoms with van der Waals surface area (Å²) < 4.78 is 4.62. The molecule has 0 heterocycles. The van der Waals surface area contributed by atoms with E-state index in [2.05, 4.69) is 40.8 Å². The molecule has 0 radical (unpaired) electrons. The number of methoxy groups -OCH3 is 1. The van der Waals surface area contributed by atoms with Gasteiger partial charge in [0.15, 0.2) is 0 Å². The number of ether oxygens (including phenoxy) is 1. The zero-order chi connectivity index (χ0) is 14.3. The van der Waals surface area contributed by atoms with Gasteiger partial charge in [-0.2, -0.15) is 0 Å². The molecule has 0 amide bonds. The first kappa shape index (κ1) is 16.0. The van der Waals surface area contributed by atoms with E-state index in [-0.39, 0.29) is 11.3 Å². The number of hydrogen-bond acceptors (Lipinski definition) is 3. The zero-order valence-corrected chi connectivity index (χ0v) is 12.6. The van der Waals surface area contributed by atoms with Gasteiger partial charge in [-0.3, -0.25) is 4.79 Å². The van der Waals surface area contributed by atoms with Gasteiger partial charge in [-0.15, -0.1) is 11.6 Å². The predicted octanol–water partition coefficient (Wildman–Crippen LogP) is 3.16. The Morgan fingerprint density at radius 3 is 2.53 bits per heavy atom. The molecule has 3 nitrogen and oxygen atoms in total. The summed E-state index contributed by atoms with van der Waals surface area (Å²) in [5, 5.41) is 0.0150. The number of hydrogen-bond donors (Lipinski definition) is 0. The monoisotopic (exact) mass is 283 g/mol. The van der Waals surface area contributed by atoms with Crippen molar-refractivity contribution in [1.82, 2.24) is 4.90 Å². The molecule has 0 bridgehead atoms. The van der Waals surface area contributed by atoms with Gasteiger partial charge in [-0.05, 0) is 32.5 Å². The van der Waals surface area contributed by atoms with Crippen LogP contribution in [0.4, 0.5) is 0 Å². The van der Waals surface area contributed by atoms with Crippen LogP contribution in [0.1, 0.15) is 29.3 Å². The van der Waals surface area contributed by atoms with Crippen LogP contribution in [-0.4, -0.2) is 38.1 Å². The van der Waals surface area contributed by atoms with Crippen LogP contribution in [0.5, 0.6) is 0 Å². The van der Waals surface area contributed by atoms with Gasteiger partial charge >= 0.3 is 5.97 Å². The van der Waals surface area contributed by atoms with Crippen molar-refractivity contribution in [3.05, 3.63) is 35.4 Å². The number of carbonyl (C=O) groups excluding carboxylic acids is 1. The molecule has 1 aromatic rings. The summed E-state index contributed by atoms with van der Waals surface area (Å²) in [6.45, 7) is 3.62. The Kier molecular flexibility index (Phi) is 6.89. The van der Waals surface area contributed by atoms with E-state index >= 15 is 0 Å². The summed E-state index contributed by atoms with van der Waals surface area (Å²) in [7, 11) is 3.40. The van der Waals surface area contributed by atoms with E-state index in [1.807, 2.05) is 7.05 Å².